The number of esters is 1. The molecule has 23 heteroatoms. The number of hydrogen-bond donors (Lipinski definition) is 2. The van der Waals surface area contributed by atoms with Crippen molar-refractivity contribution in [3.8, 4) is 0 Å². The van der Waals surface area contributed by atoms with Crippen molar-refractivity contribution in [3.63, 3.8) is 0 Å². The molecule has 0 aromatic carbocycles. The molecule has 1 saturated heterocycles. The Labute approximate surface area is 438 Å². The summed E-state index contributed by atoms with van der Waals surface area (Å²) in [6.45, 7) is 16.5. The van der Waals surface area contributed by atoms with E-state index in [0.29, 0.717) is 105 Å². The van der Waals surface area contributed by atoms with E-state index in [1.807, 2.05) is 13.8 Å². The van der Waals surface area contributed by atoms with Crippen LogP contribution in [0.4, 0.5) is 0 Å². The number of ether oxygens (including phenoxy) is 9. The minimum Gasteiger partial charge on any atom is -0.460 e. The first kappa shape index (κ1) is 67.1. The predicted octanol–water partition coefficient (Wildman–Crippen LogP) is 0.809. The first-order chi connectivity index (χ1) is 35.3. The molecule has 0 aliphatic carbocycles. The smallest absolute Gasteiger partial charge is 0.325 e. The molecule has 1 fully saturated rings. The van der Waals surface area contributed by atoms with Crippen molar-refractivity contribution in [1.82, 2.24) is 30.2 Å². The van der Waals surface area contributed by atoms with E-state index in [1.165, 1.54) is 48.1 Å². The number of nitrogens with one attached hydrogen (secondary N) is 2. The SMILES string of the molecule is C=CCOC(=O)CNC(=O)C(C)C(OC)C1CCCN1C(=O)CC(OC)C(C(C)CC)N(C)C(=O)CNC(=O)C(C)(C)N(C)C(=O)CCOCCOCCOCCOCCOCCOCCN(C)C(=O)/C=C\C=O. The highest BCUT2D eigenvalue weighted by atomic mass is 16.6. The number of allylic oxidation sites excluding steroid dienone is 1. The minimum absolute atomic E-state index is 0.0159. The number of nitrogens with zero attached hydrogens (tertiary/aromatic N) is 4. The Morgan fingerprint density at radius 1 is 0.770 bits per heavy atom. The van der Waals surface area contributed by atoms with Crippen LogP contribution in [-0.2, 0) is 81.0 Å². The van der Waals surface area contributed by atoms with Crippen LogP contribution in [0.2, 0.25) is 0 Å². The maximum Gasteiger partial charge on any atom is 0.325 e. The van der Waals surface area contributed by atoms with E-state index in [9.17, 15) is 38.4 Å². The molecule has 6 amide bonds. The van der Waals surface area contributed by atoms with Gasteiger partial charge in [0.2, 0.25) is 35.4 Å². The van der Waals surface area contributed by atoms with Crippen molar-refractivity contribution in [3.05, 3.63) is 24.8 Å². The van der Waals surface area contributed by atoms with E-state index in [4.69, 9.17) is 42.6 Å². The van der Waals surface area contributed by atoms with Crippen LogP contribution in [0, 0.1) is 11.8 Å². The lowest BCUT2D eigenvalue weighted by atomic mass is 9.90. The second-order valence-electron chi connectivity index (χ2n) is 18.2. The Kier molecular flexibility index (Phi) is 35.1. The number of likely N-dealkylation sites (tertiary alicyclic amines) is 1. The van der Waals surface area contributed by atoms with E-state index in [-0.39, 0.29) is 69.4 Å². The summed E-state index contributed by atoms with van der Waals surface area (Å²) in [5.41, 5.74) is -1.31. The lowest BCUT2D eigenvalue weighted by molar-refractivity contribution is -0.147. The van der Waals surface area contributed by atoms with Crippen LogP contribution < -0.4 is 10.6 Å². The summed E-state index contributed by atoms with van der Waals surface area (Å²) < 4.78 is 49.6. The normalized spacial score (nSPS) is 15.6. The van der Waals surface area contributed by atoms with Gasteiger partial charge in [0.15, 0.2) is 0 Å². The summed E-state index contributed by atoms with van der Waals surface area (Å²) in [6.07, 6.45) is 4.85. The minimum atomic E-state index is -1.31. The molecule has 1 rings (SSSR count). The van der Waals surface area contributed by atoms with Gasteiger partial charge >= 0.3 is 5.97 Å². The Morgan fingerprint density at radius 3 is 1.84 bits per heavy atom. The van der Waals surface area contributed by atoms with Crippen LogP contribution in [0.3, 0.4) is 0 Å². The van der Waals surface area contributed by atoms with Gasteiger partial charge in [-0.1, -0.05) is 39.8 Å². The van der Waals surface area contributed by atoms with Gasteiger partial charge in [0.1, 0.15) is 25.0 Å². The molecule has 0 aromatic heterocycles. The molecule has 1 heterocycles. The summed E-state index contributed by atoms with van der Waals surface area (Å²) >= 11 is 0. The Hall–Kier alpha value is -4.88. The second-order valence-corrected chi connectivity index (χ2v) is 18.2. The molecule has 2 N–H and O–H groups in total. The number of likely N-dealkylation sites (N-methyl/N-ethyl adjacent to an activating group) is 3. The predicted molar refractivity (Wildman–Crippen MR) is 273 cm³/mol. The molecule has 0 aromatic rings. The number of carbonyl (C=O) groups is 8. The van der Waals surface area contributed by atoms with Crippen LogP contribution in [0.15, 0.2) is 24.8 Å². The monoisotopic (exact) mass is 1060 g/mol. The van der Waals surface area contributed by atoms with Crippen molar-refractivity contribution in [2.24, 2.45) is 11.8 Å². The standard InChI is InChI=1S/C51H88N6O17/c1-12-22-74-46(63)37-52-49(64)39(4)48(67-11)40-16-14-19-57(40)44(61)35-41(66-10)47(38(3)13-2)55(8)45(62)36-53-50(65)51(5,6)56(9)43(60)18-23-68-25-27-70-29-31-72-33-34-73-32-30-71-28-26-69-24-20-54(7)42(59)17-15-21-58/h12,15,17,21,38-41,47-48H,1,13-14,16,18-20,22-37H2,2-11H3,(H,52,64)(H,53,65)/b17-15-. The molecule has 0 saturated carbocycles. The van der Waals surface area contributed by atoms with Gasteiger partial charge in [-0.2, -0.15) is 0 Å². The van der Waals surface area contributed by atoms with Crippen molar-refractivity contribution in [1.29, 1.82) is 0 Å². The zero-order valence-electron chi connectivity index (χ0n) is 45.8. The summed E-state index contributed by atoms with van der Waals surface area (Å²) in [7, 11) is 7.72. The van der Waals surface area contributed by atoms with Gasteiger partial charge < -0.3 is 72.9 Å². The molecule has 1 aliphatic rings. The average molecular weight is 1060 g/mol. The third kappa shape index (κ3) is 25.1. The molecule has 6 atom stereocenters. The molecule has 424 valence electrons. The fourth-order valence-corrected chi connectivity index (χ4v) is 7.90. The Balaban J connectivity index is 2.46. The van der Waals surface area contributed by atoms with Gasteiger partial charge in [-0.25, -0.2) is 0 Å². The first-order valence-corrected chi connectivity index (χ1v) is 25.4. The van der Waals surface area contributed by atoms with E-state index in [2.05, 4.69) is 17.2 Å². The lowest BCUT2D eigenvalue weighted by Gasteiger charge is -2.39. The number of rotatable bonds is 42. The van der Waals surface area contributed by atoms with Gasteiger partial charge in [0, 0.05) is 54.5 Å². The van der Waals surface area contributed by atoms with Gasteiger partial charge in [-0.15, -0.1) is 0 Å². The molecule has 6 unspecified atom stereocenters. The molecular weight excluding hydrogens is 969 g/mol. The molecule has 74 heavy (non-hydrogen) atoms. The number of aldehydes is 1. The summed E-state index contributed by atoms with van der Waals surface area (Å²) in [4.78, 5) is 107. The maximum atomic E-state index is 14.0. The topological polar surface area (TPSA) is 257 Å². The lowest BCUT2D eigenvalue weighted by Crippen LogP contribution is -2.58. The van der Waals surface area contributed by atoms with Gasteiger partial charge in [0.05, 0.1) is 129 Å². The number of amides is 6. The number of methoxy groups -OCH3 is 2. The van der Waals surface area contributed by atoms with Crippen LogP contribution >= 0.6 is 0 Å². The largest absolute Gasteiger partial charge is 0.460 e. The van der Waals surface area contributed by atoms with E-state index >= 15 is 0 Å². The number of carbonyl (C=O) groups excluding carboxylic acids is 8. The average Bonchev–Trinajstić information content (AvgIpc) is 3.88. The molecule has 0 bridgehead atoms. The molecule has 23 nitrogen and oxygen atoms in total. The van der Waals surface area contributed by atoms with Crippen LogP contribution in [-0.4, -0.2) is 245 Å². The fourth-order valence-electron chi connectivity index (χ4n) is 7.90. The van der Waals surface area contributed by atoms with Crippen molar-refractivity contribution in [2.45, 2.75) is 96.6 Å². The number of hydrogen-bond acceptors (Lipinski definition) is 17. The van der Waals surface area contributed by atoms with E-state index in [1.54, 1.807) is 39.8 Å². The second kappa shape index (κ2) is 38.6. The van der Waals surface area contributed by atoms with Gasteiger partial charge in [-0.05, 0) is 38.7 Å². The summed E-state index contributed by atoms with van der Waals surface area (Å²) in [5, 5.41) is 5.28. The highest BCUT2D eigenvalue weighted by Crippen LogP contribution is 2.29. The van der Waals surface area contributed by atoms with Gasteiger partial charge in [-0.3, -0.25) is 38.4 Å². The zero-order valence-corrected chi connectivity index (χ0v) is 45.8. The molecule has 0 radical (unpaired) electrons. The van der Waals surface area contributed by atoms with Crippen molar-refractivity contribution in [2.75, 3.05) is 147 Å². The Bertz CT molecular complexity index is 1740. The van der Waals surface area contributed by atoms with Crippen LogP contribution in [0.5, 0.6) is 0 Å². The van der Waals surface area contributed by atoms with Crippen molar-refractivity contribution < 1.29 is 81.0 Å². The summed E-state index contributed by atoms with van der Waals surface area (Å²) in [5.74, 6) is -3.61. The first-order valence-electron chi connectivity index (χ1n) is 25.4. The van der Waals surface area contributed by atoms with Crippen molar-refractivity contribution >= 4 is 47.7 Å². The molecular formula is C51H88N6O17. The van der Waals surface area contributed by atoms with Crippen LogP contribution in [0.25, 0.3) is 0 Å². The Morgan fingerprint density at radius 2 is 1.32 bits per heavy atom. The fraction of sp³-hybridized carbons (Fsp3) is 0.765. The zero-order chi connectivity index (χ0) is 55.5. The van der Waals surface area contributed by atoms with E-state index in [0.717, 1.165) is 6.08 Å². The highest BCUT2D eigenvalue weighted by Gasteiger charge is 2.42. The molecule has 1 aliphatic heterocycles. The van der Waals surface area contributed by atoms with Crippen LogP contribution in [0.1, 0.15) is 66.7 Å². The third-order valence-corrected chi connectivity index (χ3v) is 12.8. The third-order valence-electron chi connectivity index (χ3n) is 12.8. The quantitative estimate of drug-likeness (QED) is 0.0282. The molecule has 0 spiro atoms. The van der Waals surface area contributed by atoms with E-state index < -0.39 is 59.4 Å². The summed E-state index contributed by atoms with van der Waals surface area (Å²) in [6, 6.07) is -0.968. The van der Waals surface area contributed by atoms with Gasteiger partial charge in [0.25, 0.3) is 0 Å². The maximum absolute atomic E-state index is 14.0. The highest BCUT2D eigenvalue weighted by molar-refractivity contribution is 5.93.